The van der Waals surface area contributed by atoms with Gasteiger partial charge in [-0.15, -0.1) is 0 Å². The van der Waals surface area contributed by atoms with E-state index in [0.717, 1.165) is 31.0 Å². The van der Waals surface area contributed by atoms with E-state index in [1.807, 2.05) is 13.8 Å². The Morgan fingerprint density at radius 3 is 3.00 bits per heavy atom. The predicted molar refractivity (Wildman–Crippen MR) is 47.9 cm³/mol. The van der Waals surface area contributed by atoms with Crippen LogP contribution < -0.4 is 0 Å². The van der Waals surface area contributed by atoms with Crippen LogP contribution in [0.3, 0.4) is 0 Å². The Hall–Kier alpha value is -0.830. The van der Waals surface area contributed by atoms with Crippen molar-refractivity contribution in [2.45, 2.75) is 26.8 Å². The highest BCUT2D eigenvalue weighted by molar-refractivity contribution is 5.10. The van der Waals surface area contributed by atoms with Crippen LogP contribution in [0.1, 0.15) is 25.3 Å². The van der Waals surface area contributed by atoms with E-state index in [2.05, 4.69) is 16.9 Å². The molecule has 0 atom stereocenters. The number of aromatic nitrogens is 1. The van der Waals surface area contributed by atoms with E-state index < -0.39 is 0 Å². The standard InChI is InChI=1S/C7H10N2O.C2H6/c1-9-3-2-6-7(4-9)10-5-8-6;1-2/h5H,2-4H2,1H3;1-2H3. The maximum atomic E-state index is 5.17. The molecule has 0 fully saturated rings. The molecule has 1 aliphatic rings. The van der Waals surface area contributed by atoms with E-state index in [0.29, 0.717) is 0 Å². The molecule has 1 aromatic rings. The quantitative estimate of drug-likeness (QED) is 0.590. The number of fused-ring (bicyclic) bond motifs is 1. The van der Waals surface area contributed by atoms with Crippen LogP contribution in [0.2, 0.25) is 0 Å². The summed E-state index contributed by atoms with van der Waals surface area (Å²) >= 11 is 0. The van der Waals surface area contributed by atoms with E-state index in [9.17, 15) is 0 Å². The average molecular weight is 168 g/mol. The Kier molecular flexibility index (Phi) is 3.29. The molecule has 1 aromatic heterocycles. The molecular weight excluding hydrogens is 152 g/mol. The highest BCUT2D eigenvalue weighted by Gasteiger charge is 2.16. The Bertz CT molecular complexity index is 232. The SMILES string of the molecule is CC.CN1CCc2ncoc2C1. The van der Waals surface area contributed by atoms with Gasteiger partial charge in [-0.3, -0.25) is 4.90 Å². The smallest absolute Gasteiger partial charge is 0.181 e. The Labute approximate surface area is 73.4 Å². The maximum absolute atomic E-state index is 5.17. The van der Waals surface area contributed by atoms with Crippen molar-refractivity contribution in [1.29, 1.82) is 0 Å². The summed E-state index contributed by atoms with van der Waals surface area (Å²) in [7, 11) is 2.09. The molecule has 0 radical (unpaired) electrons. The van der Waals surface area contributed by atoms with Crippen LogP contribution in [0.4, 0.5) is 0 Å². The second-order valence-electron chi connectivity index (χ2n) is 2.71. The van der Waals surface area contributed by atoms with Gasteiger partial charge >= 0.3 is 0 Å². The first-order valence-electron chi connectivity index (χ1n) is 4.46. The van der Waals surface area contributed by atoms with Gasteiger partial charge < -0.3 is 4.42 Å². The van der Waals surface area contributed by atoms with E-state index in [1.54, 1.807) is 0 Å². The van der Waals surface area contributed by atoms with Crippen molar-refractivity contribution in [2.75, 3.05) is 13.6 Å². The predicted octanol–water partition coefficient (Wildman–Crippen LogP) is 1.69. The zero-order valence-electron chi connectivity index (χ0n) is 8.00. The van der Waals surface area contributed by atoms with E-state index in [-0.39, 0.29) is 0 Å². The lowest BCUT2D eigenvalue weighted by Gasteiger charge is -2.19. The monoisotopic (exact) mass is 168 g/mol. The summed E-state index contributed by atoms with van der Waals surface area (Å²) in [5.41, 5.74) is 1.14. The zero-order chi connectivity index (χ0) is 8.97. The fraction of sp³-hybridized carbons (Fsp3) is 0.667. The summed E-state index contributed by atoms with van der Waals surface area (Å²) in [5.74, 6) is 1.04. The van der Waals surface area contributed by atoms with Crippen LogP contribution in [-0.2, 0) is 13.0 Å². The topological polar surface area (TPSA) is 29.3 Å². The number of oxazole rings is 1. The van der Waals surface area contributed by atoms with Gasteiger partial charge in [-0.05, 0) is 7.05 Å². The van der Waals surface area contributed by atoms with Gasteiger partial charge in [-0.25, -0.2) is 4.98 Å². The molecule has 0 saturated heterocycles. The number of likely N-dealkylation sites (N-methyl/N-ethyl adjacent to an activating group) is 1. The van der Waals surface area contributed by atoms with Gasteiger partial charge in [0, 0.05) is 13.0 Å². The molecule has 0 aromatic carbocycles. The summed E-state index contributed by atoms with van der Waals surface area (Å²) in [4.78, 5) is 6.33. The van der Waals surface area contributed by atoms with Gasteiger partial charge in [-0.1, -0.05) is 13.8 Å². The minimum atomic E-state index is 0.912. The molecule has 0 amide bonds. The third-order valence-corrected chi connectivity index (χ3v) is 1.87. The summed E-state index contributed by atoms with van der Waals surface area (Å²) in [6.45, 7) is 6.01. The molecule has 0 N–H and O–H groups in total. The molecule has 0 bridgehead atoms. The first kappa shape index (κ1) is 9.26. The van der Waals surface area contributed by atoms with Crippen LogP contribution in [0.15, 0.2) is 10.8 Å². The van der Waals surface area contributed by atoms with Crippen molar-refractivity contribution in [3.63, 3.8) is 0 Å². The van der Waals surface area contributed by atoms with Crippen molar-refractivity contribution < 1.29 is 4.42 Å². The van der Waals surface area contributed by atoms with Gasteiger partial charge in [0.1, 0.15) is 5.76 Å². The molecule has 3 heteroatoms. The normalized spacial score (nSPS) is 16.2. The largest absolute Gasteiger partial charge is 0.447 e. The molecule has 68 valence electrons. The molecule has 0 spiro atoms. The fourth-order valence-corrected chi connectivity index (χ4v) is 1.25. The molecule has 0 unspecified atom stereocenters. The highest BCUT2D eigenvalue weighted by atomic mass is 16.3. The molecule has 2 rings (SSSR count). The lowest BCUT2D eigenvalue weighted by atomic mass is 10.2. The summed E-state index contributed by atoms with van der Waals surface area (Å²) < 4.78 is 5.17. The number of rotatable bonds is 0. The third kappa shape index (κ3) is 1.85. The Morgan fingerprint density at radius 1 is 1.50 bits per heavy atom. The maximum Gasteiger partial charge on any atom is 0.181 e. The van der Waals surface area contributed by atoms with Crippen molar-refractivity contribution in [3.8, 4) is 0 Å². The van der Waals surface area contributed by atoms with Crippen LogP contribution in [0.25, 0.3) is 0 Å². The van der Waals surface area contributed by atoms with Crippen molar-refractivity contribution in [2.24, 2.45) is 0 Å². The first-order valence-corrected chi connectivity index (χ1v) is 4.46. The van der Waals surface area contributed by atoms with Gasteiger partial charge in [0.25, 0.3) is 0 Å². The molecule has 0 saturated carbocycles. The number of hydrogen-bond acceptors (Lipinski definition) is 3. The van der Waals surface area contributed by atoms with Gasteiger partial charge in [0.15, 0.2) is 6.39 Å². The van der Waals surface area contributed by atoms with Crippen molar-refractivity contribution >= 4 is 0 Å². The summed E-state index contributed by atoms with van der Waals surface area (Å²) in [6, 6.07) is 0. The molecule has 12 heavy (non-hydrogen) atoms. The van der Waals surface area contributed by atoms with Crippen LogP contribution in [0, 0.1) is 0 Å². The fourth-order valence-electron chi connectivity index (χ4n) is 1.25. The minimum Gasteiger partial charge on any atom is -0.447 e. The number of nitrogens with zero attached hydrogens (tertiary/aromatic N) is 2. The molecule has 1 aliphatic heterocycles. The minimum absolute atomic E-state index is 0.912. The molecular formula is C9H16N2O. The van der Waals surface area contributed by atoms with Crippen LogP contribution in [-0.4, -0.2) is 23.5 Å². The molecule has 0 aliphatic carbocycles. The summed E-state index contributed by atoms with van der Waals surface area (Å²) in [5, 5.41) is 0. The first-order chi connectivity index (χ1) is 5.86. The van der Waals surface area contributed by atoms with E-state index in [4.69, 9.17) is 4.42 Å². The van der Waals surface area contributed by atoms with E-state index >= 15 is 0 Å². The number of hydrogen-bond donors (Lipinski definition) is 0. The van der Waals surface area contributed by atoms with Gasteiger partial charge in [0.05, 0.1) is 12.2 Å². The second kappa shape index (κ2) is 4.26. The van der Waals surface area contributed by atoms with Crippen LogP contribution >= 0.6 is 0 Å². The van der Waals surface area contributed by atoms with Crippen molar-refractivity contribution in [1.82, 2.24) is 9.88 Å². The highest BCUT2D eigenvalue weighted by Crippen LogP contribution is 2.14. The molecule has 2 heterocycles. The molecule has 3 nitrogen and oxygen atoms in total. The lowest BCUT2D eigenvalue weighted by Crippen LogP contribution is -2.25. The second-order valence-corrected chi connectivity index (χ2v) is 2.71. The Morgan fingerprint density at radius 2 is 2.25 bits per heavy atom. The third-order valence-electron chi connectivity index (χ3n) is 1.87. The lowest BCUT2D eigenvalue weighted by molar-refractivity contribution is 0.277. The average Bonchev–Trinajstić information content (AvgIpc) is 2.54. The van der Waals surface area contributed by atoms with Crippen LogP contribution in [0.5, 0.6) is 0 Å². The van der Waals surface area contributed by atoms with E-state index in [1.165, 1.54) is 6.39 Å². The van der Waals surface area contributed by atoms with Gasteiger partial charge in [0.2, 0.25) is 0 Å². The Balaban J connectivity index is 0.000000336. The van der Waals surface area contributed by atoms with Gasteiger partial charge in [-0.2, -0.15) is 0 Å². The van der Waals surface area contributed by atoms with Crippen molar-refractivity contribution in [3.05, 3.63) is 17.8 Å². The summed E-state index contributed by atoms with van der Waals surface area (Å²) in [6.07, 6.45) is 2.56. The zero-order valence-corrected chi connectivity index (χ0v) is 8.00.